The van der Waals surface area contributed by atoms with Crippen LogP contribution in [0.3, 0.4) is 0 Å². The molecule has 0 spiro atoms. The molecule has 0 saturated carbocycles. The van der Waals surface area contributed by atoms with Gasteiger partial charge in [-0.3, -0.25) is 0 Å². The summed E-state index contributed by atoms with van der Waals surface area (Å²) in [7, 11) is 0. The largest absolute Gasteiger partial charge is 0.396 e. The van der Waals surface area contributed by atoms with Gasteiger partial charge in [0, 0.05) is 6.61 Å². The Kier molecular flexibility index (Phi) is 11.6. The van der Waals surface area contributed by atoms with E-state index in [-0.39, 0.29) is 13.3 Å². The van der Waals surface area contributed by atoms with Crippen molar-refractivity contribution < 1.29 is 31.4 Å². The number of rotatable bonds is 3. The molecule has 20 heavy (non-hydrogen) atoms. The van der Waals surface area contributed by atoms with Crippen LogP contribution in [0.4, 0.5) is 26.3 Å². The third kappa shape index (κ3) is 10.3. The van der Waals surface area contributed by atoms with Gasteiger partial charge in [-0.15, -0.1) is 0 Å². The van der Waals surface area contributed by atoms with Crippen LogP contribution in [0.5, 0.6) is 0 Å². The highest BCUT2D eigenvalue weighted by Crippen LogP contribution is 2.31. The quantitative estimate of drug-likeness (QED) is 0.702. The fourth-order valence-electron chi connectivity index (χ4n) is 0.859. The molecular weight excluding hydrogens is 286 g/mol. The van der Waals surface area contributed by atoms with E-state index < -0.39 is 36.7 Å². The molecule has 0 saturated heterocycles. The average molecular weight is 312 g/mol. The monoisotopic (exact) mass is 312 g/mol. The molecule has 0 aromatic rings. The summed E-state index contributed by atoms with van der Waals surface area (Å²) < 4.78 is 70.4. The zero-order chi connectivity index (χ0) is 16.0. The molecule has 0 aromatic carbocycles. The number of hydrogen-bond acceptors (Lipinski definition) is 1. The van der Waals surface area contributed by atoms with E-state index in [0.29, 0.717) is 0 Å². The van der Waals surface area contributed by atoms with Crippen molar-refractivity contribution in [2.45, 2.75) is 54.4 Å². The molecule has 0 heterocycles. The number of aliphatic hydroxyl groups excluding tert-OH is 1. The van der Waals surface area contributed by atoms with Crippen molar-refractivity contribution in [3.8, 4) is 0 Å². The van der Waals surface area contributed by atoms with Crippen LogP contribution in [-0.4, -0.2) is 24.1 Å². The molecule has 3 unspecified atom stereocenters. The second-order valence-corrected chi connectivity index (χ2v) is 5.06. The highest BCUT2D eigenvalue weighted by molar-refractivity contribution is 4.67. The fraction of sp³-hybridized carbons (Fsp3) is 1.00. The Labute approximate surface area is 117 Å². The molecule has 0 aliphatic heterocycles. The van der Waals surface area contributed by atoms with E-state index >= 15 is 0 Å². The van der Waals surface area contributed by atoms with Crippen molar-refractivity contribution >= 4 is 0 Å². The molecule has 126 valence electrons. The number of alkyl halides is 6. The van der Waals surface area contributed by atoms with E-state index in [0.717, 1.165) is 6.92 Å². The first-order valence-electron chi connectivity index (χ1n) is 5.99. The summed E-state index contributed by atoms with van der Waals surface area (Å²) in [6.07, 6.45) is -8.20. The minimum absolute atomic E-state index is 0. The van der Waals surface area contributed by atoms with Crippen molar-refractivity contribution in [1.29, 1.82) is 0 Å². The third-order valence-electron chi connectivity index (χ3n) is 3.17. The van der Waals surface area contributed by atoms with Gasteiger partial charge in [-0.2, -0.15) is 26.3 Å². The molecule has 3 atom stereocenters. The zero-order valence-corrected chi connectivity index (χ0v) is 11.7. The van der Waals surface area contributed by atoms with Crippen molar-refractivity contribution in [2.75, 3.05) is 6.61 Å². The van der Waals surface area contributed by atoms with E-state index in [4.69, 9.17) is 5.11 Å². The Bertz CT molecular complexity index is 234. The number of aliphatic hydroxyl groups is 1. The van der Waals surface area contributed by atoms with Crippen molar-refractivity contribution in [3.63, 3.8) is 0 Å². The van der Waals surface area contributed by atoms with E-state index in [1.807, 2.05) is 0 Å². The standard InChI is InChI=1S/C6H11F3O.C6H11F3.CH4/c1-4(3-10)5(2)6(7,8)9;1-4(2)5(3)6(7,8)9;/h4-5,10H,3H2,1-2H3;4-5H,1-3H3;1H4. The Morgan fingerprint density at radius 2 is 1.05 bits per heavy atom. The molecule has 0 aromatic heterocycles. The summed E-state index contributed by atoms with van der Waals surface area (Å²) in [6, 6.07) is 0. The lowest BCUT2D eigenvalue weighted by Crippen LogP contribution is -2.27. The van der Waals surface area contributed by atoms with Gasteiger partial charge in [-0.25, -0.2) is 0 Å². The van der Waals surface area contributed by atoms with Gasteiger partial charge in [-0.1, -0.05) is 42.0 Å². The smallest absolute Gasteiger partial charge is 0.391 e. The highest BCUT2D eigenvalue weighted by Gasteiger charge is 2.39. The van der Waals surface area contributed by atoms with Crippen LogP contribution in [0.2, 0.25) is 0 Å². The van der Waals surface area contributed by atoms with Crippen molar-refractivity contribution in [3.05, 3.63) is 0 Å². The molecule has 0 aliphatic rings. The predicted molar refractivity (Wildman–Crippen MR) is 68.3 cm³/mol. The molecule has 7 heteroatoms. The predicted octanol–water partition coefficient (Wildman–Crippen LogP) is 5.29. The Morgan fingerprint density at radius 3 is 1.10 bits per heavy atom. The molecule has 0 rings (SSSR count). The number of halogens is 6. The van der Waals surface area contributed by atoms with E-state index in [1.54, 1.807) is 13.8 Å². The van der Waals surface area contributed by atoms with E-state index in [1.165, 1.54) is 13.8 Å². The Hall–Kier alpha value is -0.460. The van der Waals surface area contributed by atoms with E-state index in [9.17, 15) is 26.3 Å². The van der Waals surface area contributed by atoms with Crippen LogP contribution in [-0.2, 0) is 0 Å². The average Bonchev–Trinajstić information content (AvgIpc) is 2.24. The summed E-state index contributed by atoms with van der Waals surface area (Å²) in [5.74, 6) is -3.63. The maximum absolute atomic E-state index is 11.8. The fourth-order valence-corrected chi connectivity index (χ4v) is 0.859. The lowest BCUT2D eigenvalue weighted by atomic mass is 9.97. The third-order valence-corrected chi connectivity index (χ3v) is 3.17. The minimum Gasteiger partial charge on any atom is -0.396 e. The van der Waals surface area contributed by atoms with Gasteiger partial charge in [0.05, 0.1) is 11.8 Å². The zero-order valence-electron chi connectivity index (χ0n) is 11.7. The summed E-state index contributed by atoms with van der Waals surface area (Å²) >= 11 is 0. The molecule has 1 nitrogen and oxygen atoms in total. The summed E-state index contributed by atoms with van der Waals surface area (Å²) in [5, 5.41) is 8.37. The first-order chi connectivity index (χ1) is 8.25. The van der Waals surface area contributed by atoms with Crippen molar-refractivity contribution in [1.82, 2.24) is 0 Å². The summed E-state index contributed by atoms with van der Waals surface area (Å²) in [4.78, 5) is 0. The van der Waals surface area contributed by atoms with Gasteiger partial charge in [-0.05, 0) is 11.8 Å². The maximum Gasteiger partial charge on any atom is 0.391 e. The van der Waals surface area contributed by atoms with Gasteiger partial charge >= 0.3 is 12.4 Å². The second-order valence-electron chi connectivity index (χ2n) is 5.06. The molecule has 0 bridgehead atoms. The lowest BCUT2D eigenvalue weighted by Gasteiger charge is -2.20. The topological polar surface area (TPSA) is 20.2 Å². The Balaban J connectivity index is -0.000000277. The van der Waals surface area contributed by atoms with Crippen LogP contribution < -0.4 is 0 Å². The van der Waals surface area contributed by atoms with Gasteiger partial charge in [0.15, 0.2) is 0 Å². The minimum atomic E-state index is -4.18. The van der Waals surface area contributed by atoms with Gasteiger partial charge in [0.2, 0.25) is 0 Å². The van der Waals surface area contributed by atoms with Gasteiger partial charge in [0.1, 0.15) is 0 Å². The van der Waals surface area contributed by atoms with Gasteiger partial charge < -0.3 is 5.11 Å². The first-order valence-corrected chi connectivity index (χ1v) is 5.99. The Morgan fingerprint density at radius 1 is 0.750 bits per heavy atom. The number of hydrogen-bond donors (Lipinski definition) is 1. The normalized spacial score (nSPS) is 16.6. The lowest BCUT2D eigenvalue weighted by molar-refractivity contribution is -0.184. The molecular formula is C13H26F6O. The van der Waals surface area contributed by atoms with Crippen molar-refractivity contribution in [2.24, 2.45) is 23.7 Å². The van der Waals surface area contributed by atoms with Crippen LogP contribution >= 0.6 is 0 Å². The van der Waals surface area contributed by atoms with Crippen LogP contribution in [0.15, 0.2) is 0 Å². The SMILES string of the molecule is C.CC(C)C(C)C(F)(F)F.CC(CO)C(C)C(F)(F)F. The highest BCUT2D eigenvalue weighted by atomic mass is 19.4. The molecule has 0 radical (unpaired) electrons. The second kappa shape index (κ2) is 9.47. The molecule has 0 amide bonds. The molecule has 0 aliphatic carbocycles. The molecule has 1 N–H and O–H groups in total. The van der Waals surface area contributed by atoms with Crippen LogP contribution in [0.1, 0.15) is 42.0 Å². The summed E-state index contributed by atoms with van der Waals surface area (Å²) in [5.41, 5.74) is 0. The molecule has 0 fully saturated rings. The first kappa shape index (κ1) is 24.6. The van der Waals surface area contributed by atoms with E-state index in [2.05, 4.69) is 0 Å². The summed E-state index contributed by atoms with van der Waals surface area (Å²) in [6.45, 7) is 6.36. The van der Waals surface area contributed by atoms with Gasteiger partial charge in [0.25, 0.3) is 0 Å². The van der Waals surface area contributed by atoms with Crippen LogP contribution in [0.25, 0.3) is 0 Å². The maximum atomic E-state index is 11.8. The van der Waals surface area contributed by atoms with Crippen LogP contribution in [0, 0.1) is 23.7 Å².